The Kier molecular flexibility index (Phi) is 2.87. The first-order chi connectivity index (χ1) is 6.81. The van der Waals surface area contributed by atoms with Crippen molar-refractivity contribution in [3.05, 3.63) is 35.9 Å². The quantitative estimate of drug-likeness (QED) is 0.822. The van der Waals surface area contributed by atoms with Crippen LogP contribution in [0.4, 0.5) is 0 Å². The average Bonchev–Trinajstić information content (AvgIpc) is 2.98. The van der Waals surface area contributed by atoms with Crippen LogP contribution >= 0.6 is 15.9 Å². The molecule has 1 saturated carbocycles. The Labute approximate surface area is 91.8 Å². The summed E-state index contributed by atoms with van der Waals surface area (Å²) in [6.45, 7) is 0. The third-order valence-corrected chi connectivity index (χ3v) is 3.00. The van der Waals surface area contributed by atoms with Crippen molar-refractivity contribution in [2.45, 2.75) is 18.4 Å². The van der Waals surface area contributed by atoms with E-state index in [9.17, 15) is 4.79 Å². The summed E-state index contributed by atoms with van der Waals surface area (Å²) in [5.74, 6) is 0.604. The van der Waals surface area contributed by atoms with Gasteiger partial charge in [0.15, 0.2) is 0 Å². The molecule has 1 amide bonds. The number of rotatable bonds is 3. The summed E-state index contributed by atoms with van der Waals surface area (Å²) in [5.41, 5.74) is 1.33. The molecule has 1 aliphatic rings. The molecule has 0 spiro atoms. The summed E-state index contributed by atoms with van der Waals surface area (Å²) >= 11 is 3.14. The van der Waals surface area contributed by atoms with Gasteiger partial charge >= 0.3 is 0 Å². The van der Waals surface area contributed by atoms with Crippen LogP contribution in [0.2, 0.25) is 0 Å². The number of hydrogen-bond donors (Lipinski definition) is 1. The minimum absolute atomic E-state index is 0.0773. The first-order valence-electron chi connectivity index (χ1n) is 4.71. The Morgan fingerprint density at radius 3 is 2.79 bits per heavy atom. The van der Waals surface area contributed by atoms with Crippen molar-refractivity contribution in [3.63, 3.8) is 0 Å². The lowest BCUT2D eigenvalue weighted by Crippen LogP contribution is -2.27. The van der Waals surface area contributed by atoms with Crippen LogP contribution in [0, 0.1) is 0 Å². The molecule has 2 rings (SSSR count). The van der Waals surface area contributed by atoms with Crippen LogP contribution in [0.15, 0.2) is 30.3 Å². The summed E-state index contributed by atoms with van der Waals surface area (Å²) in [6.07, 6.45) is 1.07. The maximum Gasteiger partial charge on any atom is 0.230 e. The fraction of sp³-hybridized carbons (Fsp3) is 0.364. The number of alkyl halides is 1. The van der Waals surface area contributed by atoms with Gasteiger partial charge in [0.2, 0.25) is 5.91 Å². The highest BCUT2D eigenvalue weighted by Crippen LogP contribution is 2.40. The van der Waals surface area contributed by atoms with Gasteiger partial charge in [0.1, 0.15) is 0 Å². The van der Waals surface area contributed by atoms with E-state index in [0.29, 0.717) is 17.3 Å². The monoisotopic (exact) mass is 253 g/mol. The highest BCUT2D eigenvalue weighted by Gasteiger charge is 2.38. The fourth-order valence-corrected chi connectivity index (χ4v) is 1.83. The molecule has 2 nitrogen and oxygen atoms in total. The van der Waals surface area contributed by atoms with Crippen molar-refractivity contribution in [1.82, 2.24) is 5.32 Å². The van der Waals surface area contributed by atoms with Crippen molar-refractivity contribution < 1.29 is 4.79 Å². The predicted octanol–water partition coefficient (Wildman–Crippen LogP) is 2.05. The number of carbonyl (C=O) groups is 1. The van der Waals surface area contributed by atoms with Gasteiger partial charge in [-0.25, -0.2) is 0 Å². The second kappa shape index (κ2) is 4.13. The number of nitrogens with one attached hydrogen (secondary N) is 1. The number of amides is 1. The largest absolute Gasteiger partial charge is 0.352 e. The Hall–Kier alpha value is -0.830. The second-order valence-corrected chi connectivity index (χ2v) is 4.12. The van der Waals surface area contributed by atoms with Crippen molar-refractivity contribution in [1.29, 1.82) is 0 Å². The van der Waals surface area contributed by atoms with Crippen LogP contribution in [0.25, 0.3) is 0 Å². The molecule has 1 aromatic rings. The van der Waals surface area contributed by atoms with Gasteiger partial charge in [0, 0.05) is 12.0 Å². The Morgan fingerprint density at radius 1 is 1.43 bits per heavy atom. The van der Waals surface area contributed by atoms with E-state index in [1.807, 2.05) is 18.2 Å². The van der Waals surface area contributed by atoms with Gasteiger partial charge in [-0.1, -0.05) is 46.3 Å². The lowest BCUT2D eigenvalue weighted by molar-refractivity contribution is -0.118. The topological polar surface area (TPSA) is 29.1 Å². The molecule has 0 saturated heterocycles. The molecule has 0 aromatic heterocycles. The van der Waals surface area contributed by atoms with Gasteiger partial charge < -0.3 is 5.32 Å². The van der Waals surface area contributed by atoms with Crippen molar-refractivity contribution in [2.75, 3.05) is 5.33 Å². The van der Waals surface area contributed by atoms with Crippen LogP contribution < -0.4 is 5.32 Å². The Balaban J connectivity index is 1.91. The lowest BCUT2D eigenvalue weighted by Gasteiger charge is -2.01. The van der Waals surface area contributed by atoms with Crippen LogP contribution in [-0.2, 0) is 4.79 Å². The van der Waals surface area contributed by atoms with E-state index >= 15 is 0 Å². The maximum absolute atomic E-state index is 11.1. The zero-order valence-corrected chi connectivity index (χ0v) is 9.33. The van der Waals surface area contributed by atoms with Crippen LogP contribution in [-0.4, -0.2) is 17.3 Å². The normalized spacial score (nSPS) is 24.4. The first-order valence-corrected chi connectivity index (χ1v) is 5.83. The van der Waals surface area contributed by atoms with Crippen molar-refractivity contribution >= 4 is 21.8 Å². The van der Waals surface area contributed by atoms with E-state index in [1.54, 1.807) is 0 Å². The molecule has 3 heteroatoms. The fourth-order valence-electron chi connectivity index (χ4n) is 1.67. The molecule has 1 aromatic carbocycles. The summed E-state index contributed by atoms with van der Waals surface area (Å²) in [6, 6.07) is 10.7. The zero-order chi connectivity index (χ0) is 9.97. The van der Waals surface area contributed by atoms with E-state index < -0.39 is 0 Å². The number of carbonyl (C=O) groups excluding carboxylic acids is 1. The highest BCUT2D eigenvalue weighted by atomic mass is 79.9. The molecule has 2 atom stereocenters. The van der Waals surface area contributed by atoms with Crippen LogP contribution in [0.3, 0.4) is 0 Å². The van der Waals surface area contributed by atoms with E-state index in [0.717, 1.165) is 6.42 Å². The molecule has 0 heterocycles. The molecule has 74 valence electrons. The molecule has 1 fully saturated rings. The molecule has 14 heavy (non-hydrogen) atoms. The van der Waals surface area contributed by atoms with E-state index in [1.165, 1.54) is 5.56 Å². The molecule has 1 aliphatic carbocycles. The van der Waals surface area contributed by atoms with Gasteiger partial charge in [-0.3, -0.25) is 4.79 Å². The lowest BCUT2D eigenvalue weighted by atomic mass is 10.1. The zero-order valence-electron chi connectivity index (χ0n) is 7.74. The molecular formula is C11H12BrNO. The molecule has 0 radical (unpaired) electrons. The second-order valence-electron chi connectivity index (χ2n) is 3.56. The van der Waals surface area contributed by atoms with Gasteiger partial charge in [-0.05, 0) is 12.0 Å². The molecule has 1 N–H and O–H groups in total. The van der Waals surface area contributed by atoms with Crippen molar-refractivity contribution in [2.24, 2.45) is 0 Å². The molecule has 0 bridgehead atoms. The molecule has 2 unspecified atom stereocenters. The summed E-state index contributed by atoms with van der Waals surface area (Å²) in [5, 5.41) is 3.36. The smallest absolute Gasteiger partial charge is 0.230 e. The summed E-state index contributed by atoms with van der Waals surface area (Å²) in [7, 11) is 0. The van der Waals surface area contributed by atoms with E-state index in [4.69, 9.17) is 0 Å². The molecular weight excluding hydrogens is 242 g/mol. The maximum atomic E-state index is 11.1. The molecule has 0 aliphatic heterocycles. The third-order valence-electron chi connectivity index (χ3n) is 2.49. The Morgan fingerprint density at radius 2 is 2.14 bits per heavy atom. The standard InChI is InChI=1S/C11H12BrNO/c12-7-11(14)13-10-6-9(10)8-4-2-1-3-5-8/h1-5,9-10H,6-7H2,(H,13,14). The van der Waals surface area contributed by atoms with Gasteiger partial charge in [0.25, 0.3) is 0 Å². The summed E-state index contributed by atoms with van der Waals surface area (Å²) < 4.78 is 0. The van der Waals surface area contributed by atoms with Crippen LogP contribution in [0.1, 0.15) is 17.9 Å². The average molecular weight is 254 g/mol. The number of halogens is 1. The van der Waals surface area contributed by atoms with E-state index in [2.05, 4.69) is 33.4 Å². The third kappa shape index (κ3) is 2.15. The number of benzene rings is 1. The van der Waals surface area contributed by atoms with Gasteiger partial charge in [-0.15, -0.1) is 0 Å². The van der Waals surface area contributed by atoms with Crippen LogP contribution in [0.5, 0.6) is 0 Å². The summed E-state index contributed by atoms with van der Waals surface area (Å²) in [4.78, 5) is 11.1. The van der Waals surface area contributed by atoms with Crippen molar-refractivity contribution in [3.8, 4) is 0 Å². The SMILES string of the molecule is O=C(CBr)NC1CC1c1ccccc1. The number of hydrogen-bond acceptors (Lipinski definition) is 1. The van der Waals surface area contributed by atoms with Gasteiger partial charge in [-0.2, -0.15) is 0 Å². The Bertz CT molecular complexity index is 325. The predicted molar refractivity (Wildman–Crippen MR) is 59.5 cm³/mol. The van der Waals surface area contributed by atoms with E-state index in [-0.39, 0.29) is 5.91 Å². The first kappa shape index (κ1) is 9.71. The minimum Gasteiger partial charge on any atom is -0.352 e. The highest BCUT2D eigenvalue weighted by molar-refractivity contribution is 9.09. The van der Waals surface area contributed by atoms with Gasteiger partial charge in [0.05, 0.1) is 5.33 Å². The minimum atomic E-state index is 0.0773.